The van der Waals surface area contributed by atoms with Gasteiger partial charge in [-0.15, -0.1) is 11.8 Å². The lowest BCUT2D eigenvalue weighted by Gasteiger charge is -2.18. The van der Waals surface area contributed by atoms with Crippen LogP contribution in [-0.2, 0) is 4.79 Å². The van der Waals surface area contributed by atoms with Gasteiger partial charge in [-0.05, 0) is 66.9 Å². The number of nitro groups is 1. The molecule has 0 bridgehead atoms. The number of rotatable bonds is 8. The highest BCUT2D eigenvalue weighted by molar-refractivity contribution is 8.00. The first-order valence-electron chi connectivity index (χ1n) is 11.5. The van der Waals surface area contributed by atoms with Crippen LogP contribution in [0.2, 0.25) is 0 Å². The van der Waals surface area contributed by atoms with Crippen LogP contribution in [-0.4, -0.2) is 16.7 Å². The molecular weight excluding hydrogens is 486 g/mol. The molecule has 7 nitrogen and oxygen atoms in total. The quantitative estimate of drug-likeness (QED) is 0.152. The Hall–Kier alpha value is -4.43. The molecule has 4 aromatic carbocycles. The fourth-order valence-corrected chi connectivity index (χ4v) is 4.99. The van der Waals surface area contributed by atoms with Crippen molar-refractivity contribution in [3.05, 3.63) is 129 Å². The second-order valence-corrected chi connectivity index (χ2v) is 9.74. The van der Waals surface area contributed by atoms with Crippen LogP contribution in [0.5, 0.6) is 0 Å². The molecule has 1 unspecified atom stereocenters. The lowest BCUT2D eigenvalue weighted by Crippen LogP contribution is -2.19. The molecule has 2 N–H and O–H groups in total. The van der Waals surface area contributed by atoms with Crippen molar-refractivity contribution in [2.24, 2.45) is 0 Å². The summed E-state index contributed by atoms with van der Waals surface area (Å²) >= 11 is 1.37. The number of nitrogens with zero attached hydrogens (tertiary/aromatic N) is 1. The Labute approximate surface area is 219 Å². The summed E-state index contributed by atoms with van der Waals surface area (Å²) in [6, 6.07) is 28.1. The van der Waals surface area contributed by atoms with E-state index in [9.17, 15) is 19.7 Å². The Morgan fingerprint density at radius 1 is 0.784 bits per heavy atom. The Bertz CT molecular complexity index is 1440. The number of thioether (sulfide) groups is 1. The van der Waals surface area contributed by atoms with Gasteiger partial charge in [-0.1, -0.05) is 48.5 Å². The molecule has 2 amide bonds. The zero-order valence-corrected chi connectivity index (χ0v) is 21.1. The number of nitrogens with one attached hydrogen (secondary N) is 2. The maximum atomic E-state index is 13.4. The van der Waals surface area contributed by atoms with Crippen molar-refractivity contribution >= 4 is 40.6 Å². The molecule has 0 aliphatic heterocycles. The average molecular weight is 512 g/mol. The fourth-order valence-electron chi connectivity index (χ4n) is 3.90. The van der Waals surface area contributed by atoms with Crippen molar-refractivity contribution in [2.75, 3.05) is 10.6 Å². The SMILES string of the molecule is Cc1cc(C)cc(NC(=O)C(Sc2cccc(NC(=O)c3cccc([N+](=O)[O-])c3)c2)c2ccccc2)c1. The third-order valence-corrected chi connectivity index (χ3v) is 6.74. The van der Waals surface area contributed by atoms with Crippen LogP contribution in [0, 0.1) is 24.0 Å². The molecule has 0 spiro atoms. The van der Waals surface area contributed by atoms with Gasteiger partial charge in [0, 0.05) is 34.0 Å². The minimum atomic E-state index is -0.541. The molecule has 0 saturated carbocycles. The monoisotopic (exact) mass is 511 g/mol. The van der Waals surface area contributed by atoms with Crippen molar-refractivity contribution < 1.29 is 14.5 Å². The second-order valence-electron chi connectivity index (χ2n) is 8.56. The van der Waals surface area contributed by atoms with E-state index in [-0.39, 0.29) is 17.2 Å². The van der Waals surface area contributed by atoms with Gasteiger partial charge < -0.3 is 10.6 Å². The van der Waals surface area contributed by atoms with E-state index >= 15 is 0 Å². The first-order valence-corrected chi connectivity index (χ1v) is 12.4. The molecule has 0 radical (unpaired) electrons. The summed E-state index contributed by atoms with van der Waals surface area (Å²) in [5.74, 6) is -0.620. The van der Waals surface area contributed by atoms with Crippen molar-refractivity contribution in [3.8, 4) is 0 Å². The summed E-state index contributed by atoms with van der Waals surface area (Å²) in [7, 11) is 0. The van der Waals surface area contributed by atoms with E-state index in [0.29, 0.717) is 5.69 Å². The van der Waals surface area contributed by atoms with Crippen LogP contribution in [0.4, 0.5) is 17.1 Å². The molecule has 0 saturated heterocycles. The number of aryl methyl sites for hydroxylation is 2. The zero-order valence-electron chi connectivity index (χ0n) is 20.3. The first kappa shape index (κ1) is 25.7. The molecule has 186 valence electrons. The number of carbonyl (C=O) groups excluding carboxylic acids is 2. The Balaban J connectivity index is 1.55. The summed E-state index contributed by atoms with van der Waals surface area (Å²) in [5.41, 5.74) is 4.25. The standard InChI is InChI=1S/C29H25N3O4S/c1-19-14-20(2)16-24(15-19)31-29(34)27(21-8-4-3-5-9-21)37-26-13-7-11-23(18-26)30-28(33)22-10-6-12-25(17-22)32(35)36/h3-18,27H,1-2H3,(H,30,33)(H,31,34). The highest BCUT2D eigenvalue weighted by Gasteiger charge is 2.23. The summed E-state index contributed by atoms with van der Waals surface area (Å²) < 4.78 is 0. The van der Waals surface area contributed by atoms with Gasteiger partial charge in [-0.25, -0.2) is 0 Å². The Morgan fingerprint density at radius 2 is 1.49 bits per heavy atom. The molecule has 4 rings (SSSR count). The first-order chi connectivity index (χ1) is 17.8. The molecule has 0 fully saturated rings. The summed E-state index contributed by atoms with van der Waals surface area (Å²) in [4.78, 5) is 37.4. The van der Waals surface area contributed by atoms with E-state index in [4.69, 9.17) is 0 Å². The summed E-state index contributed by atoms with van der Waals surface area (Å²) in [6.07, 6.45) is 0. The largest absolute Gasteiger partial charge is 0.325 e. The second kappa shape index (κ2) is 11.5. The van der Waals surface area contributed by atoms with E-state index in [0.717, 1.165) is 27.3 Å². The smallest absolute Gasteiger partial charge is 0.270 e. The van der Waals surface area contributed by atoms with Gasteiger partial charge in [-0.3, -0.25) is 19.7 Å². The number of nitro benzene ring substituents is 1. The van der Waals surface area contributed by atoms with E-state index in [2.05, 4.69) is 10.6 Å². The van der Waals surface area contributed by atoms with Crippen molar-refractivity contribution in [1.29, 1.82) is 0 Å². The van der Waals surface area contributed by atoms with E-state index in [1.54, 1.807) is 18.2 Å². The molecule has 1 atom stereocenters. The van der Waals surface area contributed by atoms with Gasteiger partial charge in [-0.2, -0.15) is 0 Å². The number of hydrogen-bond donors (Lipinski definition) is 2. The van der Waals surface area contributed by atoms with Crippen LogP contribution < -0.4 is 10.6 Å². The predicted octanol–water partition coefficient (Wildman–Crippen LogP) is 6.94. The third kappa shape index (κ3) is 6.83. The minimum absolute atomic E-state index is 0.155. The van der Waals surface area contributed by atoms with Crippen LogP contribution in [0.1, 0.15) is 32.3 Å². The number of non-ortho nitro benzene ring substituents is 1. The van der Waals surface area contributed by atoms with Crippen molar-refractivity contribution in [2.45, 2.75) is 24.0 Å². The lowest BCUT2D eigenvalue weighted by molar-refractivity contribution is -0.384. The van der Waals surface area contributed by atoms with Gasteiger partial charge in [0.1, 0.15) is 5.25 Å². The fraction of sp³-hybridized carbons (Fsp3) is 0.103. The van der Waals surface area contributed by atoms with Crippen LogP contribution in [0.3, 0.4) is 0 Å². The van der Waals surface area contributed by atoms with E-state index in [1.807, 2.05) is 68.4 Å². The summed E-state index contributed by atoms with van der Waals surface area (Å²) in [5, 5.41) is 16.3. The maximum Gasteiger partial charge on any atom is 0.270 e. The number of hydrogen-bond acceptors (Lipinski definition) is 5. The van der Waals surface area contributed by atoms with Gasteiger partial charge >= 0.3 is 0 Å². The maximum absolute atomic E-state index is 13.4. The molecule has 8 heteroatoms. The molecule has 0 aliphatic rings. The molecule has 0 heterocycles. The Kier molecular flexibility index (Phi) is 8.00. The van der Waals surface area contributed by atoms with Gasteiger partial charge in [0.2, 0.25) is 5.91 Å². The van der Waals surface area contributed by atoms with Crippen molar-refractivity contribution in [1.82, 2.24) is 0 Å². The lowest BCUT2D eigenvalue weighted by atomic mass is 10.1. The van der Waals surface area contributed by atoms with Crippen molar-refractivity contribution in [3.63, 3.8) is 0 Å². The average Bonchev–Trinajstić information content (AvgIpc) is 2.87. The highest BCUT2D eigenvalue weighted by Crippen LogP contribution is 2.37. The third-order valence-electron chi connectivity index (χ3n) is 5.49. The number of carbonyl (C=O) groups is 2. The normalized spacial score (nSPS) is 11.4. The molecule has 0 aliphatic carbocycles. The topological polar surface area (TPSA) is 101 Å². The van der Waals surface area contributed by atoms with E-state index < -0.39 is 16.1 Å². The summed E-state index contributed by atoms with van der Waals surface area (Å²) in [6.45, 7) is 3.97. The Morgan fingerprint density at radius 3 is 2.19 bits per heavy atom. The molecule has 0 aromatic heterocycles. The molecular formula is C29H25N3O4S. The predicted molar refractivity (Wildman–Crippen MR) is 147 cm³/mol. The number of benzene rings is 4. The van der Waals surface area contributed by atoms with Gasteiger partial charge in [0.05, 0.1) is 4.92 Å². The number of amides is 2. The van der Waals surface area contributed by atoms with Gasteiger partial charge in [0.15, 0.2) is 0 Å². The minimum Gasteiger partial charge on any atom is -0.325 e. The number of anilines is 2. The molecule has 4 aromatic rings. The van der Waals surface area contributed by atoms with Crippen LogP contribution >= 0.6 is 11.8 Å². The highest BCUT2D eigenvalue weighted by atomic mass is 32.2. The van der Waals surface area contributed by atoms with Crippen LogP contribution in [0.25, 0.3) is 0 Å². The zero-order chi connectivity index (χ0) is 26.4. The van der Waals surface area contributed by atoms with Crippen LogP contribution in [0.15, 0.2) is 102 Å². The van der Waals surface area contributed by atoms with E-state index in [1.165, 1.54) is 36.0 Å². The molecule has 37 heavy (non-hydrogen) atoms. The van der Waals surface area contributed by atoms with Gasteiger partial charge in [0.25, 0.3) is 11.6 Å².